The van der Waals surface area contributed by atoms with Gasteiger partial charge < -0.3 is 39.4 Å². The number of hydrogen-bond donors (Lipinski definition) is 4. The molecule has 1 aliphatic heterocycles. The van der Waals surface area contributed by atoms with E-state index in [9.17, 15) is 30.0 Å². The highest BCUT2D eigenvalue weighted by atomic mass is 16.7. The van der Waals surface area contributed by atoms with E-state index in [2.05, 4.69) is 80.3 Å². The fraction of sp³-hybridized carbons (Fsp3) is 0.711. The lowest BCUT2D eigenvalue weighted by atomic mass is 9.99. The minimum absolute atomic E-state index is 0.197. The molecule has 0 spiro atoms. The van der Waals surface area contributed by atoms with Crippen LogP contribution in [0.4, 0.5) is 0 Å². The van der Waals surface area contributed by atoms with Crippen LogP contribution in [0, 0.1) is 0 Å². The molecular formula is C45H74O10. The third-order valence-electron chi connectivity index (χ3n) is 9.16. The molecule has 1 aliphatic rings. The first-order valence-electron chi connectivity index (χ1n) is 21.1. The summed E-state index contributed by atoms with van der Waals surface area (Å²) in [5.41, 5.74) is 3.29. The third-order valence-corrected chi connectivity index (χ3v) is 9.16. The molecule has 2 unspecified atom stereocenters. The first kappa shape index (κ1) is 50.2. The number of esters is 2. The summed E-state index contributed by atoms with van der Waals surface area (Å²) in [7, 11) is 0. The molecule has 0 amide bonds. The van der Waals surface area contributed by atoms with Crippen LogP contribution in [0.2, 0.25) is 0 Å². The molecule has 0 aliphatic carbocycles. The fourth-order valence-electron chi connectivity index (χ4n) is 5.80. The van der Waals surface area contributed by atoms with E-state index in [1.54, 1.807) is 0 Å². The molecule has 10 heteroatoms. The van der Waals surface area contributed by atoms with E-state index < -0.39 is 55.4 Å². The van der Waals surface area contributed by atoms with E-state index in [0.717, 1.165) is 77.0 Å². The summed E-state index contributed by atoms with van der Waals surface area (Å²) in [4.78, 5) is 25.2. The molecule has 0 aromatic heterocycles. The molecule has 4 N–H and O–H groups in total. The van der Waals surface area contributed by atoms with Gasteiger partial charge in [-0.15, -0.1) is 5.73 Å². The standard InChI is InChI=1S/C45H74O10/c1-3-5-7-9-11-13-15-17-19-21-23-25-27-29-31-33-40(47)52-36-38(37-53-45-44(51)43(50)42(49)39(35-46)55-45)54-41(48)34-32-30-28-26-24-22-20-18-16-14-12-10-8-6-4-2/h5,7,11,13,16-17,19-20,23,25,38-39,42-46,49-51H,3-4,6,8-10,12,14-15,21-22,24,26-37H2,1-2H3/b7-5+,13-11+,19-17+,25-23+/t18?,38-,39-,42+,43?,44?,45-/m0/s1. The van der Waals surface area contributed by atoms with Gasteiger partial charge in [0.1, 0.15) is 31.0 Å². The predicted molar refractivity (Wildman–Crippen MR) is 218 cm³/mol. The van der Waals surface area contributed by atoms with E-state index in [1.807, 2.05) is 0 Å². The zero-order valence-electron chi connectivity index (χ0n) is 33.9. The van der Waals surface area contributed by atoms with Gasteiger partial charge in [-0.2, -0.15) is 0 Å². The quantitative estimate of drug-likeness (QED) is 0.0221. The molecule has 1 heterocycles. The number of allylic oxidation sites excluding steroid dienone is 9. The van der Waals surface area contributed by atoms with E-state index in [1.165, 1.54) is 32.1 Å². The maximum atomic E-state index is 12.7. The molecule has 10 nitrogen and oxygen atoms in total. The molecule has 0 radical (unpaired) electrons. The van der Waals surface area contributed by atoms with Gasteiger partial charge in [0.05, 0.1) is 13.2 Å². The van der Waals surface area contributed by atoms with Crippen molar-refractivity contribution in [3.63, 3.8) is 0 Å². The predicted octanol–water partition coefficient (Wildman–Crippen LogP) is 8.43. The SMILES string of the molecule is CC/C=C/C/C=C/C/C=C/C/C=C/CCCCC(=O)OC[C@@H](CO[C@H]1O[C@@H](CO)[C@@H](O)C(O)C1O)OC(=O)CCCCCCCC=C=CCCCCCCC. The fourth-order valence-corrected chi connectivity index (χ4v) is 5.80. The van der Waals surface area contributed by atoms with Gasteiger partial charge in [0, 0.05) is 12.8 Å². The van der Waals surface area contributed by atoms with Crippen LogP contribution >= 0.6 is 0 Å². The first-order valence-corrected chi connectivity index (χ1v) is 21.1. The van der Waals surface area contributed by atoms with Gasteiger partial charge in [0.15, 0.2) is 12.4 Å². The first-order chi connectivity index (χ1) is 26.8. The van der Waals surface area contributed by atoms with E-state index in [-0.39, 0.29) is 26.1 Å². The molecule has 6 atom stereocenters. The van der Waals surface area contributed by atoms with Crippen molar-refractivity contribution in [1.82, 2.24) is 0 Å². The van der Waals surface area contributed by atoms with Crippen LogP contribution in [-0.2, 0) is 28.5 Å². The Bertz CT molecular complexity index is 1140. The maximum absolute atomic E-state index is 12.7. The highest BCUT2D eigenvalue weighted by Gasteiger charge is 2.44. The van der Waals surface area contributed by atoms with E-state index in [4.69, 9.17) is 18.9 Å². The number of hydrogen-bond acceptors (Lipinski definition) is 10. The Morgan fingerprint density at radius 3 is 1.82 bits per heavy atom. The summed E-state index contributed by atoms with van der Waals surface area (Å²) in [6.45, 7) is 3.20. The summed E-state index contributed by atoms with van der Waals surface area (Å²) in [6, 6.07) is 0. The van der Waals surface area contributed by atoms with Crippen molar-refractivity contribution in [2.24, 2.45) is 0 Å². The number of unbranched alkanes of at least 4 members (excludes halogenated alkanes) is 12. The lowest BCUT2D eigenvalue weighted by Crippen LogP contribution is -2.59. The second-order valence-electron chi connectivity index (χ2n) is 14.2. The van der Waals surface area contributed by atoms with Gasteiger partial charge in [0.2, 0.25) is 0 Å². The monoisotopic (exact) mass is 775 g/mol. The van der Waals surface area contributed by atoms with Crippen molar-refractivity contribution in [1.29, 1.82) is 0 Å². The Morgan fingerprint density at radius 2 is 1.18 bits per heavy atom. The number of carbonyl (C=O) groups excluding carboxylic acids is 2. The molecule has 0 aromatic carbocycles. The minimum atomic E-state index is -1.61. The Hall–Kier alpha value is -2.82. The molecule has 314 valence electrons. The van der Waals surface area contributed by atoms with Crippen LogP contribution in [0.5, 0.6) is 0 Å². The van der Waals surface area contributed by atoms with Crippen LogP contribution in [0.3, 0.4) is 0 Å². The third kappa shape index (κ3) is 27.4. The van der Waals surface area contributed by atoms with Gasteiger partial charge in [0.25, 0.3) is 0 Å². The second kappa shape index (κ2) is 35.6. The van der Waals surface area contributed by atoms with Gasteiger partial charge in [-0.05, 0) is 89.2 Å². The number of ether oxygens (including phenoxy) is 4. The van der Waals surface area contributed by atoms with Gasteiger partial charge in [-0.25, -0.2) is 0 Å². The number of aliphatic hydroxyl groups excluding tert-OH is 4. The Kier molecular flexibility index (Phi) is 32.5. The van der Waals surface area contributed by atoms with Crippen molar-refractivity contribution < 1.29 is 49.0 Å². The maximum Gasteiger partial charge on any atom is 0.306 e. The van der Waals surface area contributed by atoms with Crippen LogP contribution in [0.1, 0.15) is 149 Å². The molecule has 1 rings (SSSR count). The van der Waals surface area contributed by atoms with E-state index in [0.29, 0.717) is 12.8 Å². The summed E-state index contributed by atoms with van der Waals surface area (Å²) in [5, 5.41) is 40.0. The van der Waals surface area contributed by atoms with Crippen LogP contribution in [0.25, 0.3) is 0 Å². The topological polar surface area (TPSA) is 152 Å². The molecule has 0 bridgehead atoms. The number of aliphatic hydroxyl groups is 4. The largest absolute Gasteiger partial charge is 0.462 e. The normalized spacial score (nSPS) is 20.7. The summed E-state index contributed by atoms with van der Waals surface area (Å²) < 4.78 is 22.0. The van der Waals surface area contributed by atoms with Gasteiger partial charge in [-0.3, -0.25) is 9.59 Å². The molecular weight excluding hydrogens is 700 g/mol. The summed E-state index contributed by atoms with van der Waals surface area (Å²) in [5.74, 6) is -0.883. The van der Waals surface area contributed by atoms with E-state index >= 15 is 0 Å². The van der Waals surface area contributed by atoms with Crippen molar-refractivity contribution in [2.75, 3.05) is 19.8 Å². The van der Waals surface area contributed by atoms with Gasteiger partial charge >= 0.3 is 11.9 Å². The second-order valence-corrected chi connectivity index (χ2v) is 14.2. The molecule has 0 aromatic rings. The molecule has 0 saturated carbocycles. The average Bonchev–Trinajstić information content (AvgIpc) is 3.18. The zero-order valence-corrected chi connectivity index (χ0v) is 33.9. The number of carbonyl (C=O) groups is 2. The van der Waals surface area contributed by atoms with Crippen molar-refractivity contribution >= 4 is 11.9 Å². The number of rotatable bonds is 33. The highest BCUT2D eigenvalue weighted by molar-refractivity contribution is 5.70. The molecule has 1 fully saturated rings. The lowest BCUT2D eigenvalue weighted by Gasteiger charge is -2.39. The summed E-state index contributed by atoms with van der Waals surface area (Å²) in [6.07, 6.45) is 32.9. The molecule has 55 heavy (non-hydrogen) atoms. The van der Waals surface area contributed by atoms with Crippen LogP contribution < -0.4 is 0 Å². The zero-order chi connectivity index (χ0) is 40.2. The van der Waals surface area contributed by atoms with Crippen molar-refractivity contribution in [3.05, 3.63) is 66.5 Å². The highest BCUT2D eigenvalue weighted by Crippen LogP contribution is 2.22. The van der Waals surface area contributed by atoms with Crippen LogP contribution in [-0.4, -0.2) is 89.0 Å². The van der Waals surface area contributed by atoms with Gasteiger partial charge in [-0.1, -0.05) is 107 Å². The minimum Gasteiger partial charge on any atom is -0.462 e. The Balaban J connectivity index is 2.42. The van der Waals surface area contributed by atoms with Crippen molar-refractivity contribution in [2.45, 2.75) is 185 Å². The smallest absolute Gasteiger partial charge is 0.306 e. The van der Waals surface area contributed by atoms with Crippen LogP contribution in [0.15, 0.2) is 66.5 Å². The average molecular weight is 775 g/mol. The Morgan fingerprint density at radius 1 is 0.636 bits per heavy atom. The Labute approximate surface area is 332 Å². The molecule has 1 saturated heterocycles. The summed E-state index contributed by atoms with van der Waals surface area (Å²) >= 11 is 0. The lowest BCUT2D eigenvalue weighted by molar-refractivity contribution is -0.305. The van der Waals surface area contributed by atoms with Crippen molar-refractivity contribution in [3.8, 4) is 0 Å².